The molecule has 1 aromatic heterocycles. The normalized spacial score (nSPS) is 18.9. The molecule has 0 amide bonds. The summed E-state index contributed by atoms with van der Waals surface area (Å²) in [7, 11) is -2.50. The zero-order chi connectivity index (χ0) is 18.0. The minimum Gasteiger partial charge on any atom is -0.469 e. The second-order valence-electron chi connectivity index (χ2n) is 5.36. The summed E-state index contributed by atoms with van der Waals surface area (Å²) in [4.78, 5) is 13.5. The van der Waals surface area contributed by atoms with Crippen LogP contribution in [0.1, 0.15) is 0 Å². The van der Waals surface area contributed by atoms with Crippen molar-refractivity contribution in [3.8, 4) is 0 Å². The van der Waals surface area contributed by atoms with Gasteiger partial charge in [-0.1, -0.05) is 23.0 Å². The average molecular weight is 367 g/mol. The predicted molar refractivity (Wildman–Crippen MR) is 82.2 cm³/mol. The number of benzene rings is 1. The van der Waals surface area contributed by atoms with E-state index >= 15 is 0 Å². The maximum Gasteiger partial charge on any atom is 0.314 e. The van der Waals surface area contributed by atoms with Gasteiger partial charge in [0.2, 0.25) is 10.0 Å². The Morgan fingerprint density at radius 2 is 2.08 bits per heavy atom. The summed E-state index contributed by atoms with van der Waals surface area (Å²) in [5.74, 6) is -0.602. The highest BCUT2D eigenvalue weighted by Crippen LogP contribution is 2.18. The van der Waals surface area contributed by atoms with Crippen LogP contribution in [0.2, 0.25) is 0 Å². The van der Waals surface area contributed by atoms with Crippen molar-refractivity contribution in [1.82, 2.24) is 9.58 Å². The molecule has 3 rings (SSSR count). The zero-order valence-electron chi connectivity index (χ0n) is 13.4. The molecule has 25 heavy (non-hydrogen) atoms. The Bertz CT molecular complexity index is 907. The highest BCUT2D eigenvalue weighted by Gasteiger charge is 2.38. The second kappa shape index (κ2) is 6.69. The van der Waals surface area contributed by atoms with Crippen molar-refractivity contribution < 1.29 is 27.3 Å². The van der Waals surface area contributed by atoms with Crippen LogP contribution < -0.4 is 20.6 Å². The Hall–Kier alpha value is -2.66. The van der Waals surface area contributed by atoms with E-state index in [-0.39, 0.29) is 30.1 Å². The quantitative estimate of drug-likeness (QED) is 0.499. The van der Waals surface area contributed by atoms with E-state index in [1.807, 2.05) is 0 Å². The number of piperazine rings is 1. The minimum atomic E-state index is -3.73. The Morgan fingerprint density at radius 3 is 2.68 bits per heavy atom. The minimum absolute atomic E-state index is 0.100. The Morgan fingerprint density at radius 1 is 1.36 bits per heavy atom. The van der Waals surface area contributed by atoms with Gasteiger partial charge in [0.25, 0.3) is 11.8 Å². The van der Waals surface area contributed by atoms with E-state index in [0.29, 0.717) is 0 Å². The van der Waals surface area contributed by atoms with E-state index in [1.165, 1.54) is 39.5 Å². The summed E-state index contributed by atoms with van der Waals surface area (Å²) in [6, 6.07) is 7.12. The number of carbonyl (C=O) groups is 1. The van der Waals surface area contributed by atoms with E-state index < -0.39 is 22.0 Å². The van der Waals surface area contributed by atoms with Gasteiger partial charge in [0.1, 0.15) is 6.04 Å². The van der Waals surface area contributed by atoms with Gasteiger partial charge < -0.3 is 9.26 Å². The summed E-state index contributed by atoms with van der Waals surface area (Å²) in [5, 5.41) is 12.6. The fourth-order valence-corrected chi connectivity index (χ4v) is 4.10. The summed E-state index contributed by atoms with van der Waals surface area (Å²) >= 11 is 0. The number of nitrogens with one attached hydrogen (secondary N) is 1. The van der Waals surface area contributed by atoms with Crippen LogP contribution in [-0.4, -0.2) is 51.5 Å². The van der Waals surface area contributed by atoms with E-state index in [2.05, 4.69) is 5.27 Å². The van der Waals surface area contributed by atoms with Crippen LogP contribution in [0.3, 0.4) is 0 Å². The van der Waals surface area contributed by atoms with Gasteiger partial charge in [-0.15, -0.1) is 0 Å². The molecule has 1 saturated heterocycles. The molecular weight excluding hydrogens is 350 g/mol. The number of esters is 1. The zero-order valence-corrected chi connectivity index (χ0v) is 14.2. The highest BCUT2D eigenvalue weighted by molar-refractivity contribution is 7.89. The number of sulfonamides is 1. The van der Waals surface area contributed by atoms with Crippen LogP contribution in [0.5, 0.6) is 0 Å². The van der Waals surface area contributed by atoms with Gasteiger partial charge in [0, 0.05) is 19.6 Å². The van der Waals surface area contributed by atoms with Crippen LogP contribution >= 0.6 is 0 Å². The molecule has 10 nitrogen and oxygen atoms in total. The molecule has 2 aromatic rings. The van der Waals surface area contributed by atoms with Crippen molar-refractivity contribution in [3.63, 3.8) is 0 Å². The smallest absolute Gasteiger partial charge is 0.314 e. The lowest BCUT2D eigenvalue weighted by Gasteiger charge is -2.39. The van der Waals surface area contributed by atoms with E-state index in [4.69, 9.17) is 14.7 Å². The first kappa shape index (κ1) is 17.2. The third-order valence-electron chi connectivity index (χ3n) is 3.89. The van der Waals surface area contributed by atoms with Gasteiger partial charge in [-0.25, -0.2) is 8.42 Å². The van der Waals surface area contributed by atoms with Crippen molar-refractivity contribution in [1.29, 1.82) is 5.41 Å². The van der Waals surface area contributed by atoms with Crippen molar-refractivity contribution in [3.05, 3.63) is 42.1 Å². The first-order valence-electron chi connectivity index (χ1n) is 7.43. The van der Waals surface area contributed by atoms with Crippen molar-refractivity contribution >= 4 is 16.0 Å². The fourth-order valence-electron chi connectivity index (χ4n) is 2.64. The Balaban J connectivity index is 1.90. The van der Waals surface area contributed by atoms with Crippen LogP contribution in [-0.2, 0) is 19.6 Å². The molecule has 1 aliphatic rings. The topological polar surface area (TPSA) is 122 Å². The molecule has 2 heterocycles. The standard InChI is InChI=1S/C14H17N5O5S/c1-23-14(20)12-9-17(25(21,22)11-5-3-2-4-6-11)7-8-18(12)19-10-13(15)24-16-19/h2-6,10,12,15H,7-9H2,1H3. The summed E-state index contributed by atoms with van der Waals surface area (Å²) in [6.07, 6.45) is 1.29. The first-order valence-corrected chi connectivity index (χ1v) is 8.87. The molecule has 1 aromatic carbocycles. The summed E-state index contributed by atoms with van der Waals surface area (Å²) < 4.78 is 36.3. The molecule has 1 fully saturated rings. The molecule has 0 saturated carbocycles. The third kappa shape index (κ3) is 3.28. The molecule has 0 spiro atoms. The number of methoxy groups -OCH3 is 1. The summed E-state index contributed by atoms with van der Waals surface area (Å²) in [5.41, 5.74) is -0.178. The number of carbonyl (C=O) groups excluding carboxylic acids is 1. The predicted octanol–water partition coefficient (Wildman–Crippen LogP) is -1.81. The van der Waals surface area contributed by atoms with Crippen LogP contribution in [0, 0.1) is 5.41 Å². The lowest BCUT2D eigenvalue weighted by atomic mass is 10.2. The molecule has 0 aliphatic carbocycles. The lowest BCUT2D eigenvalue weighted by molar-refractivity contribution is -0.766. The Labute approximate surface area is 143 Å². The molecule has 0 radical (unpaired) electrons. The molecule has 0 bridgehead atoms. The number of nitrogens with zero attached hydrogens (tertiary/aromatic N) is 4. The number of ether oxygens (including phenoxy) is 1. The third-order valence-corrected chi connectivity index (χ3v) is 5.77. The van der Waals surface area contributed by atoms with Gasteiger partial charge in [-0.2, -0.15) is 4.31 Å². The molecule has 1 aliphatic heterocycles. The monoisotopic (exact) mass is 367 g/mol. The van der Waals surface area contributed by atoms with Gasteiger partial charge in [-0.05, 0) is 17.4 Å². The first-order chi connectivity index (χ1) is 11.9. The highest BCUT2D eigenvalue weighted by atomic mass is 32.2. The van der Waals surface area contributed by atoms with Crippen molar-refractivity contribution in [2.75, 3.05) is 31.8 Å². The molecule has 1 N–H and O–H groups in total. The number of hydrogen-bond donors (Lipinski definition) is 1. The van der Waals surface area contributed by atoms with Gasteiger partial charge in [0.15, 0.2) is 0 Å². The fraction of sp³-hybridized carbons (Fsp3) is 0.357. The largest absolute Gasteiger partial charge is 0.469 e. The van der Waals surface area contributed by atoms with E-state index in [1.54, 1.807) is 18.2 Å². The number of hydrogen-bond acceptors (Lipinski definition) is 7. The van der Waals surface area contributed by atoms with Crippen LogP contribution in [0.25, 0.3) is 0 Å². The Kier molecular flexibility index (Phi) is 4.59. The SMILES string of the molecule is COC(=O)C1CN(S(=O)(=O)c2ccccc2)CCN1[n+]1cc(=N)o[n-]1. The van der Waals surface area contributed by atoms with Gasteiger partial charge in [0.05, 0.1) is 12.0 Å². The number of aromatic nitrogens is 2. The maximum atomic E-state index is 12.8. The molecule has 134 valence electrons. The second-order valence-corrected chi connectivity index (χ2v) is 7.30. The lowest BCUT2D eigenvalue weighted by Crippen LogP contribution is -2.73. The van der Waals surface area contributed by atoms with Crippen LogP contribution in [0.15, 0.2) is 45.9 Å². The average Bonchev–Trinajstić information content (AvgIpc) is 3.07. The van der Waals surface area contributed by atoms with E-state index in [0.717, 1.165) is 0 Å². The summed E-state index contributed by atoms with van der Waals surface area (Å²) in [6.45, 7) is 0.234. The molecule has 11 heteroatoms. The number of rotatable bonds is 4. The maximum absolute atomic E-state index is 12.8. The molecular formula is C14H17N5O5S. The molecule has 1 unspecified atom stereocenters. The van der Waals surface area contributed by atoms with Gasteiger partial charge in [-0.3, -0.25) is 15.2 Å². The molecule has 1 atom stereocenters. The van der Waals surface area contributed by atoms with Crippen molar-refractivity contribution in [2.45, 2.75) is 10.9 Å². The van der Waals surface area contributed by atoms with Gasteiger partial charge >= 0.3 is 5.97 Å². The van der Waals surface area contributed by atoms with Crippen LogP contribution in [0.4, 0.5) is 0 Å². The van der Waals surface area contributed by atoms with Crippen molar-refractivity contribution in [2.24, 2.45) is 0 Å². The van der Waals surface area contributed by atoms with E-state index in [9.17, 15) is 13.2 Å².